The van der Waals surface area contributed by atoms with E-state index in [1.165, 1.54) is 0 Å². The molecule has 0 amide bonds. The normalized spacial score (nSPS) is 28.3. The summed E-state index contributed by atoms with van der Waals surface area (Å²) in [5.41, 5.74) is 1.09. The van der Waals surface area contributed by atoms with Gasteiger partial charge in [-0.05, 0) is 19.4 Å². The molecule has 0 radical (unpaired) electrons. The summed E-state index contributed by atoms with van der Waals surface area (Å²) in [5.74, 6) is -0.338. The molecule has 2 rings (SSSR count). The summed E-state index contributed by atoms with van der Waals surface area (Å²) in [6.45, 7) is 6.53. The van der Waals surface area contributed by atoms with Gasteiger partial charge in [-0.25, -0.2) is 0 Å². The molecule has 5 atom stereocenters. The van der Waals surface area contributed by atoms with Crippen molar-refractivity contribution in [1.82, 2.24) is 0 Å². The fourth-order valence-corrected chi connectivity index (χ4v) is 3.08. The van der Waals surface area contributed by atoms with Crippen LogP contribution in [-0.2, 0) is 25.6 Å². The smallest absolute Gasteiger partial charge is 0.308 e. The van der Waals surface area contributed by atoms with Gasteiger partial charge >= 0.3 is 5.97 Å². The molecule has 5 nitrogen and oxygen atoms in total. The van der Waals surface area contributed by atoms with E-state index in [9.17, 15) is 9.90 Å². The van der Waals surface area contributed by atoms with Crippen molar-refractivity contribution in [2.75, 3.05) is 6.61 Å². The molecule has 1 fully saturated rings. The van der Waals surface area contributed by atoms with Crippen molar-refractivity contribution in [2.24, 2.45) is 5.92 Å². The molecule has 5 heteroatoms. The lowest BCUT2D eigenvalue weighted by Crippen LogP contribution is -2.49. The Balaban J connectivity index is 1.91. The van der Waals surface area contributed by atoms with Crippen LogP contribution in [0.1, 0.15) is 39.2 Å². The maximum absolute atomic E-state index is 11.7. The molecule has 0 bridgehead atoms. The highest BCUT2D eigenvalue weighted by atomic mass is 16.6. The van der Waals surface area contributed by atoms with E-state index < -0.39 is 6.10 Å². The summed E-state index contributed by atoms with van der Waals surface area (Å²) in [4.78, 5) is 11.7. The first-order valence-corrected chi connectivity index (χ1v) is 8.66. The standard InChI is InChI=1S/C19H28O5/c1-4-22-18(21)11-16-10-17(20)13(2)19(24-16)14(3)23-12-15-8-6-5-7-9-15/h5-9,13-14,16-17,19-20H,4,10-12H2,1-3H3/t13-,14-,16+,17+,19-/m0/s1. The number of hydrogen-bond acceptors (Lipinski definition) is 5. The van der Waals surface area contributed by atoms with Crippen LogP contribution in [-0.4, -0.2) is 42.1 Å². The van der Waals surface area contributed by atoms with Crippen molar-refractivity contribution < 1.29 is 24.1 Å². The van der Waals surface area contributed by atoms with Crippen molar-refractivity contribution in [2.45, 2.75) is 64.6 Å². The second kappa shape index (κ2) is 9.16. The van der Waals surface area contributed by atoms with Crippen LogP contribution in [0.25, 0.3) is 0 Å². The van der Waals surface area contributed by atoms with E-state index in [0.717, 1.165) is 5.56 Å². The Hall–Kier alpha value is -1.43. The molecule has 1 heterocycles. The number of ether oxygens (including phenoxy) is 3. The lowest BCUT2D eigenvalue weighted by molar-refractivity contribution is -0.185. The van der Waals surface area contributed by atoms with Gasteiger partial charge < -0.3 is 19.3 Å². The Morgan fingerprint density at radius 1 is 1.38 bits per heavy atom. The van der Waals surface area contributed by atoms with Gasteiger partial charge in [0.05, 0.1) is 44.1 Å². The first kappa shape index (κ1) is 18.9. The van der Waals surface area contributed by atoms with E-state index in [2.05, 4.69) is 0 Å². The Bertz CT molecular complexity index is 504. The first-order chi connectivity index (χ1) is 11.5. The number of aliphatic hydroxyl groups excluding tert-OH is 1. The predicted molar refractivity (Wildman–Crippen MR) is 90.4 cm³/mol. The van der Waals surface area contributed by atoms with Crippen LogP contribution in [0.4, 0.5) is 0 Å². The maximum Gasteiger partial charge on any atom is 0.308 e. The van der Waals surface area contributed by atoms with Gasteiger partial charge in [0, 0.05) is 12.3 Å². The minimum Gasteiger partial charge on any atom is -0.466 e. The van der Waals surface area contributed by atoms with Crippen molar-refractivity contribution in [3.05, 3.63) is 35.9 Å². The number of rotatable bonds is 7. The Labute approximate surface area is 143 Å². The van der Waals surface area contributed by atoms with E-state index in [-0.39, 0.29) is 36.6 Å². The van der Waals surface area contributed by atoms with Crippen molar-refractivity contribution in [3.8, 4) is 0 Å². The average molecular weight is 336 g/mol. The summed E-state index contributed by atoms with van der Waals surface area (Å²) in [6, 6.07) is 9.94. The maximum atomic E-state index is 11.7. The fraction of sp³-hybridized carbons (Fsp3) is 0.632. The molecule has 134 valence electrons. The van der Waals surface area contributed by atoms with Crippen LogP contribution in [0.15, 0.2) is 30.3 Å². The number of esters is 1. The minimum absolute atomic E-state index is 0.0470. The van der Waals surface area contributed by atoms with Gasteiger partial charge in [-0.3, -0.25) is 4.79 Å². The summed E-state index contributed by atoms with van der Waals surface area (Å²) < 4.78 is 17.0. The molecule has 0 aliphatic carbocycles. The third-order valence-corrected chi connectivity index (χ3v) is 4.50. The largest absolute Gasteiger partial charge is 0.466 e. The van der Waals surface area contributed by atoms with Crippen LogP contribution in [0.3, 0.4) is 0 Å². The van der Waals surface area contributed by atoms with Crippen molar-refractivity contribution in [1.29, 1.82) is 0 Å². The van der Waals surface area contributed by atoms with Gasteiger partial charge in [-0.15, -0.1) is 0 Å². The van der Waals surface area contributed by atoms with Gasteiger partial charge in [0.25, 0.3) is 0 Å². The van der Waals surface area contributed by atoms with Crippen LogP contribution in [0.2, 0.25) is 0 Å². The molecule has 0 aromatic heterocycles. The Kier molecular flexibility index (Phi) is 7.21. The summed E-state index contributed by atoms with van der Waals surface area (Å²) in [5, 5.41) is 10.3. The molecule has 1 N–H and O–H groups in total. The zero-order valence-corrected chi connectivity index (χ0v) is 14.7. The topological polar surface area (TPSA) is 65.0 Å². The van der Waals surface area contributed by atoms with Crippen LogP contribution >= 0.6 is 0 Å². The minimum atomic E-state index is -0.508. The molecule has 1 aliphatic rings. The lowest BCUT2D eigenvalue weighted by atomic mass is 9.87. The molecule has 0 saturated carbocycles. The average Bonchev–Trinajstić information content (AvgIpc) is 2.57. The van der Waals surface area contributed by atoms with Crippen molar-refractivity contribution >= 4 is 5.97 Å². The van der Waals surface area contributed by atoms with E-state index >= 15 is 0 Å². The number of benzene rings is 1. The number of carbonyl (C=O) groups is 1. The Morgan fingerprint density at radius 3 is 2.75 bits per heavy atom. The molecule has 1 aromatic rings. The lowest BCUT2D eigenvalue weighted by Gasteiger charge is -2.40. The highest BCUT2D eigenvalue weighted by molar-refractivity contribution is 5.69. The summed E-state index contributed by atoms with van der Waals surface area (Å²) in [6.07, 6.45) is -0.660. The molecule has 24 heavy (non-hydrogen) atoms. The Morgan fingerprint density at radius 2 is 2.08 bits per heavy atom. The zero-order valence-electron chi connectivity index (χ0n) is 14.7. The van der Waals surface area contributed by atoms with Gasteiger partial charge in [0.2, 0.25) is 0 Å². The summed E-state index contributed by atoms with van der Waals surface area (Å²) >= 11 is 0. The van der Waals surface area contributed by atoms with Crippen LogP contribution in [0, 0.1) is 5.92 Å². The third kappa shape index (κ3) is 5.30. The molecule has 1 aromatic carbocycles. The SMILES string of the molecule is CCOC(=O)C[C@H]1C[C@@H](O)[C@H](C)[C@@H]([C@H](C)OCc2ccccc2)O1. The first-order valence-electron chi connectivity index (χ1n) is 8.66. The molecule has 0 unspecified atom stereocenters. The van der Waals surface area contributed by atoms with E-state index in [1.807, 2.05) is 44.2 Å². The molecule has 1 aliphatic heterocycles. The van der Waals surface area contributed by atoms with Gasteiger partial charge in [0.15, 0.2) is 0 Å². The highest BCUT2D eigenvalue weighted by Gasteiger charge is 2.39. The number of carbonyl (C=O) groups excluding carboxylic acids is 1. The number of hydrogen-bond donors (Lipinski definition) is 1. The molecule has 0 spiro atoms. The third-order valence-electron chi connectivity index (χ3n) is 4.50. The second-order valence-corrected chi connectivity index (χ2v) is 6.40. The monoisotopic (exact) mass is 336 g/mol. The predicted octanol–water partition coefficient (Wildman–Crippen LogP) is 2.70. The highest BCUT2D eigenvalue weighted by Crippen LogP contribution is 2.30. The van der Waals surface area contributed by atoms with E-state index in [4.69, 9.17) is 14.2 Å². The fourth-order valence-electron chi connectivity index (χ4n) is 3.08. The van der Waals surface area contributed by atoms with E-state index in [0.29, 0.717) is 19.6 Å². The number of aliphatic hydroxyl groups is 1. The quantitative estimate of drug-likeness (QED) is 0.776. The van der Waals surface area contributed by atoms with Gasteiger partial charge in [-0.1, -0.05) is 37.3 Å². The van der Waals surface area contributed by atoms with Crippen LogP contribution < -0.4 is 0 Å². The summed E-state index contributed by atoms with van der Waals surface area (Å²) in [7, 11) is 0. The molecule has 1 saturated heterocycles. The molecular weight excluding hydrogens is 308 g/mol. The van der Waals surface area contributed by atoms with E-state index in [1.54, 1.807) is 6.92 Å². The zero-order chi connectivity index (χ0) is 17.5. The van der Waals surface area contributed by atoms with Crippen LogP contribution in [0.5, 0.6) is 0 Å². The van der Waals surface area contributed by atoms with Crippen molar-refractivity contribution in [3.63, 3.8) is 0 Å². The second-order valence-electron chi connectivity index (χ2n) is 6.40. The molecular formula is C19H28O5. The van der Waals surface area contributed by atoms with Gasteiger partial charge in [-0.2, -0.15) is 0 Å². The van der Waals surface area contributed by atoms with Gasteiger partial charge in [0.1, 0.15) is 0 Å².